The quantitative estimate of drug-likeness (QED) is 0.523. The predicted molar refractivity (Wildman–Crippen MR) is 52.9 cm³/mol. The van der Waals surface area contributed by atoms with Crippen LogP contribution in [0.3, 0.4) is 0 Å². The van der Waals surface area contributed by atoms with Gasteiger partial charge in [-0.2, -0.15) is 0 Å². The standard InChI is InChI=1S/C11H9NO3/c13-10-8-3-1-2-4-9(8)12(11(10)14)5-7-6-15-7/h1-4,7H,5-6H2/t7-/m1/s1. The van der Waals surface area contributed by atoms with E-state index in [9.17, 15) is 9.59 Å². The van der Waals surface area contributed by atoms with Crippen molar-refractivity contribution in [2.75, 3.05) is 18.1 Å². The van der Waals surface area contributed by atoms with Crippen molar-refractivity contribution in [3.05, 3.63) is 29.8 Å². The number of amides is 1. The number of hydrogen-bond donors (Lipinski definition) is 0. The summed E-state index contributed by atoms with van der Waals surface area (Å²) in [6.45, 7) is 1.17. The lowest BCUT2D eigenvalue weighted by Gasteiger charge is -2.14. The van der Waals surface area contributed by atoms with E-state index in [2.05, 4.69) is 0 Å². The van der Waals surface area contributed by atoms with Crippen molar-refractivity contribution >= 4 is 17.4 Å². The first-order chi connectivity index (χ1) is 7.27. The lowest BCUT2D eigenvalue weighted by atomic mass is 10.1. The van der Waals surface area contributed by atoms with E-state index in [1.807, 2.05) is 6.07 Å². The summed E-state index contributed by atoms with van der Waals surface area (Å²) in [6.07, 6.45) is 0.105. The number of anilines is 1. The first-order valence-corrected chi connectivity index (χ1v) is 4.84. The van der Waals surface area contributed by atoms with Crippen molar-refractivity contribution in [1.82, 2.24) is 0 Å². The number of carbonyl (C=O) groups is 2. The molecule has 4 heteroatoms. The number of nitrogens with zero attached hydrogens (tertiary/aromatic N) is 1. The van der Waals surface area contributed by atoms with Crippen LogP contribution in [0.2, 0.25) is 0 Å². The second-order valence-corrected chi connectivity index (χ2v) is 3.72. The Bertz CT molecular complexity index is 451. The van der Waals surface area contributed by atoms with E-state index in [1.54, 1.807) is 18.2 Å². The highest BCUT2D eigenvalue weighted by molar-refractivity contribution is 6.52. The summed E-state index contributed by atoms with van der Waals surface area (Å²) in [7, 11) is 0. The zero-order chi connectivity index (χ0) is 10.4. The Kier molecular flexibility index (Phi) is 1.67. The molecule has 2 heterocycles. The van der Waals surface area contributed by atoms with Gasteiger partial charge in [0.2, 0.25) is 0 Å². The second-order valence-electron chi connectivity index (χ2n) is 3.72. The van der Waals surface area contributed by atoms with Crippen LogP contribution in [0.1, 0.15) is 10.4 Å². The van der Waals surface area contributed by atoms with Crippen molar-refractivity contribution in [2.45, 2.75) is 6.10 Å². The molecule has 0 unspecified atom stereocenters. The summed E-state index contributed by atoms with van der Waals surface area (Å²) in [4.78, 5) is 24.7. The summed E-state index contributed by atoms with van der Waals surface area (Å²) in [5.41, 5.74) is 1.21. The van der Waals surface area contributed by atoms with Crippen LogP contribution in [0.15, 0.2) is 24.3 Å². The van der Waals surface area contributed by atoms with Crippen LogP contribution in [-0.4, -0.2) is 30.9 Å². The minimum atomic E-state index is -0.438. The highest BCUT2D eigenvalue weighted by Crippen LogP contribution is 2.29. The Morgan fingerprint density at radius 3 is 2.80 bits per heavy atom. The van der Waals surface area contributed by atoms with Gasteiger partial charge in [0.15, 0.2) is 0 Å². The van der Waals surface area contributed by atoms with E-state index in [0.29, 0.717) is 24.4 Å². The molecule has 1 aromatic rings. The van der Waals surface area contributed by atoms with Crippen LogP contribution in [0.4, 0.5) is 5.69 Å². The maximum Gasteiger partial charge on any atom is 0.299 e. The molecule has 1 aromatic carbocycles. The Hall–Kier alpha value is -1.68. The number of fused-ring (bicyclic) bond motifs is 1. The molecule has 0 aliphatic carbocycles. The van der Waals surface area contributed by atoms with Crippen molar-refractivity contribution in [3.63, 3.8) is 0 Å². The molecule has 0 radical (unpaired) electrons. The molecule has 15 heavy (non-hydrogen) atoms. The van der Waals surface area contributed by atoms with E-state index in [4.69, 9.17) is 4.74 Å². The van der Waals surface area contributed by atoms with Crippen molar-refractivity contribution < 1.29 is 14.3 Å². The monoisotopic (exact) mass is 203 g/mol. The van der Waals surface area contributed by atoms with Gasteiger partial charge in [-0.25, -0.2) is 0 Å². The molecule has 1 amide bonds. The largest absolute Gasteiger partial charge is 0.371 e. The number of Topliss-reactive ketones (excluding diaryl/α,β-unsaturated/α-hetero) is 1. The third kappa shape index (κ3) is 1.26. The van der Waals surface area contributed by atoms with Crippen LogP contribution < -0.4 is 4.90 Å². The molecule has 0 bridgehead atoms. The summed E-state index contributed by atoms with van der Waals surface area (Å²) in [6, 6.07) is 7.07. The number of ether oxygens (including phenoxy) is 1. The Morgan fingerprint density at radius 2 is 2.07 bits per heavy atom. The number of carbonyl (C=O) groups excluding carboxylic acids is 2. The number of benzene rings is 1. The average molecular weight is 203 g/mol. The van der Waals surface area contributed by atoms with Crippen LogP contribution in [0.5, 0.6) is 0 Å². The molecule has 76 valence electrons. The molecule has 1 saturated heterocycles. The second kappa shape index (κ2) is 2.90. The number of ketones is 1. The first-order valence-electron chi connectivity index (χ1n) is 4.84. The molecule has 1 fully saturated rings. The molecule has 0 saturated carbocycles. The number of epoxide rings is 1. The molecular formula is C11H9NO3. The minimum absolute atomic E-state index is 0.105. The van der Waals surface area contributed by atoms with Gasteiger partial charge in [0.1, 0.15) is 0 Å². The normalized spacial score (nSPS) is 23.2. The highest BCUT2D eigenvalue weighted by atomic mass is 16.6. The van der Waals surface area contributed by atoms with Crippen LogP contribution >= 0.6 is 0 Å². The van der Waals surface area contributed by atoms with E-state index in [0.717, 1.165) is 0 Å². The summed E-state index contributed by atoms with van der Waals surface area (Å²) in [5, 5.41) is 0. The molecule has 1 atom stereocenters. The van der Waals surface area contributed by atoms with Crippen molar-refractivity contribution in [1.29, 1.82) is 0 Å². The Morgan fingerprint density at radius 1 is 1.33 bits per heavy atom. The fraction of sp³-hybridized carbons (Fsp3) is 0.273. The van der Waals surface area contributed by atoms with Crippen molar-refractivity contribution in [3.8, 4) is 0 Å². The fourth-order valence-electron chi connectivity index (χ4n) is 1.81. The smallest absolute Gasteiger partial charge is 0.299 e. The maximum absolute atomic E-state index is 11.6. The predicted octanol–water partition coefficient (Wildman–Crippen LogP) is 0.615. The van der Waals surface area contributed by atoms with Crippen LogP contribution in [0.25, 0.3) is 0 Å². The highest BCUT2D eigenvalue weighted by Gasteiger charge is 2.38. The maximum atomic E-state index is 11.6. The van der Waals surface area contributed by atoms with Gasteiger partial charge >= 0.3 is 0 Å². The van der Waals surface area contributed by atoms with Gasteiger partial charge in [-0.15, -0.1) is 0 Å². The van der Waals surface area contributed by atoms with E-state index >= 15 is 0 Å². The fourth-order valence-corrected chi connectivity index (χ4v) is 1.81. The molecular weight excluding hydrogens is 194 g/mol. The number of hydrogen-bond acceptors (Lipinski definition) is 3. The molecule has 2 aliphatic rings. The lowest BCUT2D eigenvalue weighted by Crippen LogP contribution is -2.33. The van der Waals surface area contributed by atoms with Crippen LogP contribution in [-0.2, 0) is 9.53 Å². The lowest BCUT2D eigenvalue weighted by molar-refractivity contribution is -0.114. The van der Waals surface area contributed by atoms with Gasteiger partial charge in [-0.1, -0.05) is 12.1 Å². The van der Waals surface area contributed by atoms with Gasteiger partial charge in [-0.05, 0) is 12.1 Å². The van der Waals surface area contributed by atoms with Gasteiger partial charge in [0.05, 0.1) is 30.5 Å². The summed E-state index contributed by atoms with van der Waals surface area (Å²) >= 11 is 0. The third-order valence-electron chi connectivity index (χ3n) is 2.67. The zero-order valence-corrected chi connectivity index (χ0v) is 7.97. The Labute approximate surface area is 86.4 Å². The Balaban J connectivity index is 2.01. The minimum Gasteiger partial charge on any atom is -0.371 e. The molecule has 0 aromatic heterocycles. The number of rotatable bonds is 2. The summed E-state index contributed by atoms with van der Waals surface area (Å²) < 4.78 is 5.06. The first kappa shape index (κ1) is 8.61. The third-order valence-corrected chi connectivity index (χ3v) is 2.67. The van der Waals surface area contributed by atoms with E-state index in [-0.39, 0.29) is 6.10 Å². The van der Waals surface area contributed by atoms with E-state index in [1.165, 1.54) is 4.90 Å². The van der Waals surface area contributed by atoms with Crippen molar-refractivity contribution in [2.24, 2.45) is 0 Å². The topological polar surface area (TPSA) is 49.9 Å². The molecule has 3 rings (SSSR count). The molecule has 0 N–H and O–H groups in total. The van der Waals surface area contributed by atoms with E-state index < -0.39 is 11.7 Å². The van der Waals surface area contributed by atoms with Gasteiger partial charge in [0.25, 0.3) is 11.7 Å². The SMILES string of the molecule is O=C1C(=O)N(C[C@@H]2CO2)c2ccccc21. The number of para-hydroxylation sites is 1. The van der Waals surface area contributed by atoms with Gasteiger partial charge in [0, 0.05) is 0 Å². The molecule has 4 nitrogen and oxygen atoms in total. The average Bonchev–Trinajstić information content (AvgIpc) is 3.04. The molecule has 0 spiro atoms. The van der Waals surface area contributed by atoms with Gasteiger partial charge in [-0.3, -0.25) is 9.59 Å². The van der Waals surface area contributed by atoms with Crippen LogP contribution in [0, 0.1) is 0 Å². The van der Waals surface area contributed by atoms with Gasteiger partial charge < -0.3 is 9.64 Å². The zero-order valence-electron chi connectivity index (χ0n) is 7.97. The molecule has 2 aliphatic heterocycles. The summed E-state index contributed by atoms with van der Waals surface area (Å²) in [5.74, 6) is -0.849.